The average Bonchev–Trinajstić information content (AvgIpc) is 3.34. The molecule has 182 valence electrons. The number of amides is 1. The van der Waals surface area contributed by atoms with Crippen molar-refractivity contribution in [1.82, 2.24) is 4.57 Å². The molecule has 1 fully saturated rings. The third kappa shape index (κ3) is 3.57. The Morgan fingerprint density at radius 2 is 1.69 bits per heavy atom. The van der Waals surface area contributed by atoms with Gasteiger partial charge in [0, 0.05) is 35.4 Å². The third-order valence-corrected chi connectivity index (χ3v) is 7.05. The number of benzene rings is 3. The largest absolute Gasteiger partial charge is 0.507 e. The highest BCUT2D eigenvalue weighted by Gasteiger charge is 2.48. The van der Waals surface area contributed by atoms with Crippen LogP contribution in [0.3, 0.4) is 0 Å². The molecule has 36 heavy (non-hydrogen) atoms. The standard InChI is InChI=1S/C30H28N2O4/c1-17-10-13-25(36-5)22(14-17)28(33)26-27(23-16-31(4)24-9-7-6-8-21(23)24)32(30(35)29(26)34)20-12-11-18(2)19(3)15-20/h6-16,27,33H,1-5H3/b28-26+. The molecule has 1 amide bonds. The van der Waals surface area contributed by atoms with Crippen LogP contribution in [0.4, 0.5) is 5.69 Å². The molecule has 1 aliphatic heterocycles. The van der Waals surface area contributed by atoms with Gasteiger partial charge in [-0.15, -0.1) is 0 Å². The number of carbonyl (C=O) groups excluding carboxylic acids is 2. The van der Waals surface area contributed by atoms with Gasteiger partial charge in [-0.1, -0.05) is 35.9 Å². The summed E-state index contributed by atoms with van der Waals surface area (Å²) in [6, 6.07) is 18.1. The summed E-state index contributed by atoms with van der Waals surface area (Å²) in [4.78, 5) is 28.7. The van der Waals surface area contributed by atoms with Crippen molar-refractivity contribution in [2.24, 2.45) is 7.05 Å². The molecule has 2 heterocycles. The second kappa shape index (κ2) is 8.72. The number of aromatic nitrogens is 1. The third-order valence-electron chi connectivity index (χ3n) is 7.05. The van der Waals surface area contributed by atoms with E-state index in [2.05, 4.69) is 0 Å². The van der Waals surface area contributed by atoms with Gasteiger partial charge in [0.1, 0.15) is 11.5 Å². The van der Waals surface area contributed by atoms with Gasteiger partial charge < -0.3 is 14.4 Å². The number of ether oxygens (including phenoxy) is 1. The van der Waals surface area contributed by atoms with Gasteiger partial charge in [0.25, 0.3) is 11.7 Å². The summed E-state index contributed by atoms with van der Waals surface area (Å²) in [5, 5.41) is 12.5. The zero-order valence-electron chi connectivity index (χ0n) is 21.0. The second-order valence-electron chi connectivity index (χ2n) is 9.35. The van der Waals surface area contributed by atoms with E-state index in [1.54, 1.807) is 12.1 Å². The number of aryl methyl sites for hydroxylation is 4. The minimum Gasteiger partial charge on any atom is -0.507 e. The Hall–Kier alpha value is -4.32. The Morgan fingerprint density at radius 1 is 0.944 bits per heavy atom. The molecule has 1 saturated heterocycles. The maximum absolute atomic E-state index is 13.6. The van der Waals surface area contributed by atoms with Gasteiger partial charge in [0.15, 0.2) is 0 Å². The molecule has 1 atom stereocenters. The summed E-state index contributed by atoms with van der Waals surface area (Å²) >= 11 is 0. The Kier molecular flexibility index (Phi) is 5.67. The van der Waals surface area contributed by atoms with E-state index in [0.29, 0.717) is 17.0 Å². The van der Waals surface area contributed by atoms with Gasteiger partial charge in [-0.05, 0) is 62.2 Å². The van der Waals surface area contributed by atoms with Crippen LogP contribution in [0.1, 0.15) is 33.9 Å². The summed E-state index contributed by atoms with van der Waals surface area (Å²) in [5.74, 6) is -1.23. The lowest BCUT2D eigenvalue weighted by atomic mass is 9.94. The number of methoxy groups -OCH3 is 1. The molecule has 0 aliphatic carbocycles. The Labute approximate surface area is 210 Å². The van der Waals surface area contributed by atoms with Crippen LogP contribution >= 0.6 is 0 Å². The predicted molar refractivity (Wildman–Crippen MR) is 141 cm³/mol. The summed E-state index contributed by atoms with van der Waals surface area (Å²) in [5.41, 5.74) is 5.73. The van der Waals surface area contributed by atoms with Crippen LogP contribution in [0.25, 0.3) is 16.7 Å². The highest BCUT2D eigenvalue weighted by atomic mass is 16.5. The highest BCUT2D eigenvalue weighted by Crippen LogP contribution is 2.45. The lowest BCUT2D eigenvalue weighted by Crippen LogP contribution is -2.29. The molecule has 1 aromatic heterocycles. The van der Waals surface area contributed by atoms with Crippen molar-refractivity contribution in [2.75, 3.05) is 12.0 Å². The molecule has 0 bridgehead atoms. The van der Waals surface area contributed by atoms with Crippen LogP contribution in [0.15, 0.2) is 72.4 Å². The van der Waals surface area contributed by atoms with Gasteiger partial charge in [-0.2, -0.15) is 0 Å². The number of para-hydroxylation sites is 1. The Morgan fingerprint density at radius 3 is 2.42 bits per heavy atom. The van der Waals surface area contributed by atoms with Gasteiger partial charge >= 0.3 is 0 Å². The summed E-state index contributed by atoms with van der Waals surface area (Å²) < 4.78 is 7.46. The Bertz CT molecular complexity index is 1580. The smallest absolute Gasteiger partial charge is 0.300 e. The van der Waals surface area contributed by atoms with E-state index < -0.39 is 17.7 Å². The van der Waals surface area contributed by atoms with Gasteiger partial charge in [0.2, 0.25) is 0 Å². The van der Waals surface area contributed by atoms with Crippen molar-refractivity contribution >= 4 is 34.0 Å². The number of carbonyl (C=O) groups is 2. The van der Waals surface area contributed by atoms with E-state index in [-0.39, 0.29) is 11.3 Å². The van der Waals surface area contributed by atoms with Crippen molar-refractivity contribution in [3.63, 3.8) is 0 Å². The first kappa shape index (κ1) is 23.4. The number of fused-ring (bicyclic) bond motifs is 1. The monoisotopic (exact) mass is 480 g/mol. The van der Waals surface area contributed by atoms with Crippen LogP contribution in [0.2, 0.25) is 0 Å². The molecule has 6 nitrogen and oxygen atoms in total. The van der Waals surface area contributed by atoms with Gasteiger partial charge in [-0.25, -0.2) is 0 Å². The van der Waals surface area contributed by atoms with Crippen LogP contribution in [0, 0.1) is 20.8 Å². The first-order valence-corrected chi connectivity index (χ1v) is 11.8. The summed E-state index contributed by atoms with van der Waals surface area (Å²) in [6.07, 6.45) is 1.93. The van der Waals surface area contributed by atoms with Crippen LogP contribution in [-0.2, 0) is 16.6 Å². The molecular weight excluding hydrogens is 452 g/mol. The fourth-order valence-corrected chi connectivity index (χ4v) is 5.01. The fraction of sp³-hybridized carbons (Fsp3) is 0.200. The molecule has 5 rings (SSSR count). The number of aliphatic hydroxyl groups excluding tert-OH is 1. The summed E-state index contributed by atoms with van der Waals surface area (Å²) in [7, 11) is 3.44. The van der Waals surface area contributed by atoms with Crippen molar-refractivity contribution in [1.29, 1.82) is 0 Å². The second-order valence-corrected chi connectivity index (χ2v) is 9.35. The van der Waals surface area contributed by atoms with Crippen molar-refractivity contribution in [3.05, 3.63) is 100 Å². The lowest BCUT2D eigenvalue weighted by molar-refractivity contribution is -0.132. The number of ketones is 1. The molecular formula is C30H28N2O4. The van der Waals surface area contributed by atoms with E-state index in [4.69, 9.17) is 4.74 Å². The molecule has 1 N–H and O–H groups in total. The van der Waals surface area contributed by atoms with Crippen molar-refractivity contribution in [2.45, 2.75) is 26.8 Å². The number of rotatable bonds is 4. The van der Waals surface area contributed by atoms with E-state index in [0.717, 1.165) is 33.2 Å². The number of hydrogen-bond acceptors (Lipinski definition) is 4. The van der Waals surface area contributed by atoms with Crippen molar-refractivity contribution < 1.29 is 19.4 Å². The van der Waals surface area contributed by atoms with E-state index in [1.807, 2.05) is 87.1 Å². The number of aliphatic hydroxyl groups is 1. The fourth-order valence-electron chi connectivity index (χ4n) is 5.01. The van der Waals surface area contributed by atoms with Crippen LogP contribution < -0.4 is 9.64 Å². The topological polar surface area (TPSA) is 71.8 Å². The van der Waals surface area contributed by atoms with Crippen LogP contribution in [0.5, 0.6) is 5.75 Å². The number of Topliss-reactive ketones (excluding diaryl/α,β-unsaturated/α-hetero) is 1. The summed E-state index contributed by atoms with van der Waals surface area (Å²) in [6.45, 7) is 5.87. The van der Waals surface area contributed by atoms with Crippen molar-refractivity contribution in [3.8, 4) is 5.75 Å². The minimum atomic E-state index is -0.816. The van der Waals surface area contributed by atoms with Gasteiger partial charge in [-0.3, -0.25) is 14.5 Å². The average molecular weight is 481 g/mol. The number of anilines is 1. The predicted octanol–water partition coefficient (Wildman–Crippen LogP) is 5.74. The molecule has 3 aromatic carbocycles. The zero-order valence-corrected chi connectivity index (χ0v) is 21.0. The molecule has 6 heteroatoms. The van der Waals surface area contributed by atoms with Gasteiger partial charge in [0.05, 0.1) is 24.3 Å². The molecule has 4 aromatic rings. The molecule has 0 radical (unpaired) electrons. The normalized spacial score (nSPS) is 17.2. The number of hydrogen-bond donors (Lipinski definition) is 1. The first-order chi connectivity index (χ1) is 17.2. The van der Waals surface area contributed by atoms with E-state index in [1.165, 1.54) is 12.0 Å². The molecule has 1 unspecified atom stereocenters. The minimum absolute atomic E-state index is 0.0403. The first-order valence-electron chi connectivity index (χ1n) is 11.8. The zero-order chi connectivity index (χ0) is 25.7. The number of nitrogens with zero attached hydrogens (tertiary/aromatic N) is 2. The quantitative estimate of drug-likeness (QED) is 0.230. The molecule has 0 spiro atoms. The maximum Gasteiger partial charge on any atom is 0.300 e. The van der Waals surface area contributed by atoms with E-state index in [9.17, 15) is 14.7 Å². The SMILES string of the molecule is COc1ccc(C)cc1/C(O)=C1\C(=O)C(=O)N(c2ccc(C)c(C)c2)C1c1cn(C)c2ccccc12. The van der Waals surface area contributed by atoms with Crippen LogP contribution in [-0.4, -0.2) is 28.5 Å². The lowest BCUT2D eigenvalue weighted by Gasteiger charge is -2.26. The Balaban J connectivity index is 1.84. The highest BCUT2D eigenvalue weighted by molar-refractivity contribution is 6.52. The maximum atomic E-state index is 13.6. The molecule has 0 saturated carbocycles. The van der Waals surface area contributed by atoms with E-state index >= 15 is 0 Å². The molecule has 1 aliphatic rings.